The lowest BCUT2D eigenvalue weighted by Gasteiger charge is -2.07. The number of hydrogen-bond donors (Lipinski definition) is 1. The molecule has 0 spiro atoms. The van der Waals surface area contributed by atoms with Crippen LogP contribution in [-0.4, -0.2) is 5.91 Å². The van der Waals surface area contributed by atoms with E-state index in [9.17, 15) is 4.79 Å². The van der Waals surface area contributed by atoms with Crippen LogP contribution in [0.1, 0.15) is 16.1 Å². The Hall–Kier alpha value is -1.07. The van der Waals surface area contributed by atoms with Crippen LogP contribution in [0, 0.1) is 6.92 Å². The zero-order chi connectivity index (χ0) is 12.4. The third-order valence-corrected chi connectivity index (χ3v) is 3.15. The summed E-state index contributed by atoms with van der Waals surface area (Å²) in [6.45, 7) is 1.93. The van der Waals surface area contributed by atoms with Crippen molar-refractivity contribution in [3.8, 4) is 0 Å². The van der Waals surface area contributed by atoms with Gasteiger partial charge in [0.1, 0.15) is 0 Å². The number of halogens is 2. The zero-order valence-corrected chi connectivity index (χ0v) is 12.1. The van der Waals surface area contributed by atoms with Crippen molar-refractivity contribution in [2.75, 3.05) is 5.32 Å². The molecule has 0 atom stereocenters. The summed E-state index contributed by atoms with van der Waals surface area (Å²) in [5.41, 5.74) is 1.75. The largest absolute Gasteiger partial charge is 0.444 e. The van der Waals surface area contributed by atoms with E-state index in [-0.39, 0.29) is 11.7 Å². The van der Waals surface area contributed by atoms with E-state index < -0.39 is 0 Å². The molecule has 3 nitrogen and oxygen atoms in total. The Labute approximate surface area is 115 Å². The van der Waals surface area contributed by atoms with Crippen LogP contribution in [0.2, 0.25) is 0 Å². The van der Waals surface area contributed by atoms with E-state index >= 15 is 0 Å². The Morgan fingerprint density at radius 3 is 2.59 bits per heavy atom. The highest BCUT2D eigenvalue weighted by Gasteiger charge is 2.11. The summed E-state index contributed by atoms with van der Waals surface area (Å²) >= 11 is 6.53. The molecule has 1 aromatic heterocycles. The highest BCUT2D eigenvalue weighted by atomic mass is 79.9. The molecule has 0 aliphatic rings. The summed E-state index contributed by atoms with van der Waals surface area (Å²) < 4.78 is 6.69. The van der Waals surface area contributed by atoms with Gasteiger partial charge in [-0.15, -0.1) is 0 Å². The molecule has 1 heterocycles. The van der Waals surface area contributed by atoms with E-state index in [1.165, 1.54) is 0 Å². The Morgan fingerprint density at radius 2 is 2.00 bits per heavy atom. The van der Waals surface area contributed by atoms with Gasteiger partial charge in [0.15, 0.2) is 10.4 Å². The van der Waals surface area contributed by atoms with E-state index in [4.69, 9.17) is 4.42 Å². The molecule has 0 aliphatic carbocycles. The van der Waals surface area contributed by atoms with Gasteiger partial charge in [-0.3, -0.25) is 4.79 Å². The number of nitrogens with one attached hydrogen (secondary N) is 1. The van der Waals surface area contributed by atoms with Crippen molar-refractivity contribution in [2.45, 2.75) is 6.92 Å². The topological polar surface area (TPSA) is 42.2 Å². The molecule has 0 saturated heterocycles. The second kappa shape index (κ2) is 5.06. The molecule has 5 heteroatoms. The van der Waals surface area contributed by atoms with Crippen molar-refractivity contribution >= 4 is 43.5 Å². The number of anilines is 1. The van der Waals surface area contributed by atoms with E-state index in [1.54, 1.807) is 12.1 Å². The number of rotatable bonds is 2. The number of carbonyl (C=O) groups is 1. The normalized spacial score (nSPS) is 10.3. The van der Waals surface area contributed by atoms with E-state index in [1.807, 2.05) is 25.1 Å². The smallest absolute Gasteiger partial charge is 0.291 e. The van der Waals surface area contributed by atoms with Gasteiger partial charge >= 0.3 is 0 Å². The van der Waals surface area contributed by atoms with Gasteiger partial charge < -0.3 is 9.73 Å². The number of aryl methyl sites for hydroxylation is 1. The Bertz CT molecular complexity index is 563. The molecule has 2 rings (SSSR count). The van der Waals surface area contributed by atoms with Crippen LogP contribution >= 0.6 is 31.9 Å². The van der Waals surface area contributed by atoms with E-state index in [0.29, 0.717) is 4.67 Å². The van der Waals surface area contributed by atoms with Crippen molar-refractivity contribution in [1.82, 2.24) is 0 Å². The first-order valence-electron chi connectivity index (χ1n) is 4.89. The van der Waals surface area contributed by atoms with Crippen molar-refractivity contribution in [3.63, 3.8) is 0 Å². The van der Waals surface area contributed by atoms with Gasteiger partial charge in [0.25, 0.3) is 5.91 Å². The maximum absolute atomic E-state index is 11.8. The predicted octanol–water partition coefficient (Wildman–Crippen LogP) is 4.37. The van der Waals surface area contributed by atoms with Crippen LogP contribution in [0.25, 0.3) is 0 Å². The molecule has 2 aromatic rings. The summed E-state index contributed by atoms with van der Waals surface area (Å²) in [4.78, 5) is 11.8. The number of carbonyl (C=O) groups excluding carboxylic acids is 1. The quantitative estimate of drug-likeness (QED) is 0.866. The standard InChI is InChI=1S/C12H9Br2NO2/c1-7-6-8(13)2-3-9(7)15-12(16)10-4-5-11(14)17-10/h2-6H,1H3,(H,15,16). The second-order valence-corrected chi connectivity index (χ2v) is 5.21. The Morgan fingerprint density at radius 1 is 1.24 bits per heavy atom. The molecule has 17 heavy (non-hydrogen) atoms. The minimum atomic E-state index is -0.263. The summed E-state index contributed by atoms with van der Waals surface area (Å²) in [7, 11) is 0. The van der Waals surface area contributed by atoms with Gasteiger partial charge in [0.05, 0.1) is 0 Å². The molecule has 0 fully saturated rings. The first-order valence-corrected chi connectivity index (χ1v) is 6.48. The zero-order valence-electron chi connectivity index (χ0n) is 8.96. The Balaban J connectivity index is 2.18. The molecule has 0 aliphatic heterocycles. The number of hydrogen-bond acceptors (Lipinski definition) is 2. The lowest BCUT2D eigenvalue weighted by molar-refractivity contribution is 0.0995. The minimum absolute atomic E-state index is 0.263. The fraction of sp³-hybridized carbons (Fsp3) is 0.0833. The van der Waals surface area contributed by atoms with E-state index in [2.05, 4.69) is 37.2 Å². The van der Waals surface area contributed by atoms with E-state index in [0.717, 1.165) is 15.7 Å². The fourth-order valence-electron chi connectivity index (χ4n) is 1.39. The van der Waals surface area contributed by atoms with Gasteiger partial charge in [0.2, 0.25) is 0 Å². The molecule has 0 saturated carbocycles. The average molecular weight is 359 g/mol. The van der Waals surface area contributed by atoms with Crippen LogP contribution in [0.4, 0.5) is 5.69 Å². The third kappa shape index (κ3) is 2.98. The van der Waals surface area contributed by atoms with Crippen LogP contribution in [-0.2, 0) is 0 Å². The van der Waals surface area contributed by atoms with Crippen molar-refractivity contribution in [1.29, 1.82) is 0 Å². The molecular weight excluding hydrogens is 350 g/mol. The molecule has 88 valence electrons. The number of benzene rings is 1. The van der Waals surface area contributed by atoms with Gasteiger partial charge in [-0.05, 0) is 58.7 Å². The lowest BCUT2D eigenvalue weighted by Crippen LogP contribution is -2.11. The van der Waals surface area contributed by atoms with Crippen LogP contribution in [0.5, 0.6) is 0 Å². The maximum atomic E-state index is 11.8. The van der Waals surface area contributed by atoms with Crippen LogP contribution in [0.15, 0.2) is 43.9 Å². The summed E-state index contributed by atoms with van der Waals surface area (Å²) in [6, 6.07) is 8.96. The van der Waals surface area contributed by atoms with Crippen molar-refractivity contribution < 1.29 is 9.21 Å². The van der Waals surface area contributed by atoms with Gasteiger partial charge in [-0.2, -0.15) is 0 Å². The monoisotopic (exact) mass is 357 g/mol. The predicted molar refractivity (Wildman–Crippen MR) is 73.2 cm³/mol. The average Bonchev–Trinajstić information content (AvgIpc) is 2.69. The molecule has 0 unspecified atom stereocenters. The van der Waals surface area contributed by atoms with Crippen molar-refractivity contribution in [2.24, 2.45) is 0 Å². The fourth-order valence-corrected chi connectivity index (χ4v) is 2.17. The van der Waals surface area contributed by atoms with Crippen molar-refractivity contribution in [3.05, 3.63) is 50.8 Å². The van der Waals surface area contributed by atoms with Gasteiger partial charge in [-0.25, -0.2) is 0 Å². The third-order valence-electron chi connectivity index (χ3n) is 2.23. The van der Waals surface area contributed by atoms with Crippen LogP contribution in [0.3, 0.4) is 0 Å². The molecule has 1 aromatic carbocycles. The first kappa shape index (κ1) is 12.4. The first-order chi connectivity index (χ1) is 8.06. The van der Waals surface area contributed by atoms with Gasteiger partial charge in [-0.1, -0.05) is 15.9 Å². The highest BCUT2D eigenvalue weighted by molar-refractivity contribution is 9.10. The molecule has 0 bridgehead atoms. The minimum Gasteiger partial charge on any atom is -0.444 e. The molecular formula is C12H9Br2NO2. The maximum Gasteiger partial charge on any atom is 0.291 e. The molecule has 1 N–H and O–H groups in total. The van der Waals surface area contributed by atoms with Crippen LogP contribution < -0.4 is 5.32 Å². The number of furan rings is 1. The summed E-state index contributed by atoms with van der Waals surface area (Å²) in [5.74, 6) is 0.0142. The molecule has 1 amide bonds. The lowest BCUT2D eigenvalue weighted by atomic mass is 10.2. The summed E-state index contributed by atoms with van der Waals surface area (Å²) in [5, 5.41) is 2.79. The molecule has 0 radical (unpaired) electrons. The Kier molecular flexibility index (Phi) is 3.69. The number of amides is 1. The second-order valence-electron chi connectivity index (χ2n) is 3.52. The SMILES string of the molecule is Cc1cc(Br)ccc1NC(=O)c1ccc(Br)o1. The van der Waals surface area contributed by atoms with Gasteiger partial charge in [0, 0.05) is 10.2 Å². The summed E-state index contributed by atoms with van der Waals surface area (Å²) in [6.07, 6.45) is 0. The highest BCUT2D eigenvalue weighted by Crippen LogP contribution is 2.21.